The van der Waals surface area contributed by atoms with Gasteiger partial charge >= 0.3 is 0 Å². The lowest BCUT2D eigenvalue weighted by molar-refractivity contribution is 0.0708. The standard InChI is InChI=1S/C18H21N3OS/c1-10-4-3-5-12(6-10)17-16(20-11(2)23-17)18(22)21-9-13-7-14(13)15(21)8-19/h3-6,13-15H,7-9,19H2,1-2H3. The second kappa shape index (κ2) is 5.42. The monoisotopic (exact) mass is 327 g/mol. The van der Waals surface area contributed by atoms with E-state index in [1.807, 2.05) is 17.9 Å². The van der Waals surface area contributed by atoms with E-state index in [1.165, 1.54) is 12.0 Å². The van der Waals surface area contributed by atoms with Crippen LogP contribution in [-0.2, 0) is 0 Å². The van der Waals surface area contributed by atoms with E-state index in [9.17, 15) is 4.79 Å². The molecule has 5 heteroatoms. The van der Waals surface area contributed by atoms with Crippen LogP contribution < -0.4 is 5.73 Å². The number of carbonyl (C=O) groups is 1. The van der Waals surface area contributed by atoms with E-state index in [0.29, 0.717) is 24.1 Å². The summed E-state index contributed by atoms with van der Waals surface area (Å²) < 4.78 is 0. The summed E-state index contributed by atoms with van der Waals surface area (Å²) in [6.07, 6.45) is 1.23. The first-order valence-corrected chi connectivity index (χ1v) is 8.95. The fourth-order valence-corrected chi connectivity index (χ4v) is 4.70. The molecular formula is C18H21N3OS. The Bertz CT molecular complexity index is 769. The molecule has 1 amide bonds. The van der Waals surface area contributed by atoms with Crippen molar-refractivity contribution in [2.24, 2.45) is 17.6 Å². The first-order valence-electron chi connectivity index (χ1n) is 8.14. The number of nitrogens with zero attached hydrogens (tertiary/aromatic N) is 2. The van der Waals surface area contributed by atoms with Crippen LogP contribution in [0.4, 0.5) is 0 Å². The molecule has 2 fully saturated rings. The molecule has 2 aliphatic rings. The number of hydrogen-bond acceptors (Lipinski definition) is 4. The molecule has 1 aromatic heterocycles. The summed E-state index contributed by atoms with van der Waals surface area (Å²) in [5.41, 5.74) is 8.78. The molecule has 120 valence electrons. The third kappa shape index (κ3) is 2.48. The number of nitrogens with two attached hydrogens (primary N) is 1. The van der Waals surface area contributed by atoms with Crippen LogP contribution in [0.5, 0.6) is 0 Å². The topological polar surface area (TPSA) is 59.2 Å². The number of rotatable bonds is 3. The zero-order valence-corrected chi connectivity index (χ0v) is 14.3. The summed E-state index contributed by atoms with van der Waals surface area (Å²) in [7, 11) is 0. The molecule has 1 saturated heterocycles. The second-order valence-electron chi connectivity index (χ2n) is 6.70. The third-order valence-corrected chi connectivity index (χ3v) is 6.04. The van der Waals surface area contributed by atoms with Gasteiger partial charge in [-0.05, 0) is 37.7 Å². The maximum atomic E-state index is 13.1. The quantitative estimate of drug-likeness (QED) is 0.943. The molecule has 1 aliphatic carbocycles. The zero-order valence-electron chi connectivity index (χ0n) is 13.5. The molecule has 0 spiro atoms. The van der Waals surface area contributed by atoms with Crippen molar-refractivity contribution in [3.63, 3.8) is 0 Å². The summed E-state index contributed by atoms with van der Waals surface area (Å²) in [4.78, 5) is 20.6. The molecule has 4 nitrogen and oxygen atoms in total. The number of piperidine rings is 1. The number of carbonyl (C=O) groups excluding carboxylic acids is 1. The molecule has 23 heavy (non-hydrogen) atoms. The van der Waals surface area contributed by atoms with Gasteiger partial charge < -0.3 is 10.6 Å². The molecule has 2 N–H and O–H groups in total. The van der Waals surface area contributed by atoms with Crippen molar-refractivity contribution in [3.05, 3.63) is 40.5 Å². The van der Waals surface area contributed by atoms with E-state index in [-0.39, 0.29) is 11.9 Å². The van der Waals surface area contributed by atoms with Gasteiger partial charge in [-0.3, -0.25) is 4.79 Å². The van der Waals surface area contributed by atoms with E-state index in [0.717, 1.165) is 22.0 Å². The van der Waals surface area contributed by atoms with Crippen LogP contribution >= 0.6 is 11.3 Å². The lowest BCUT2D eigenvalue weighted by Crippen LogP contribution is -2.43. The van der Waals surface area contributed by atoms with Crippen LogP contribution in [0.15, 0.2) is 24.3 Å². The number of aryl methyl sites for hydroxylation is 2. The maximum Gasteiger partial charge on any atom is 0.274 e. The van der Waals surface area contributed by atoms with Crippen LogP contribution in [0.25, 0.3) is 10.4 Å². The maximum absolute atomic E-state index is 13.1. The first kappa shape index (κ1) is 14.8. The minimum atomic E-state index is 0.0495. The van der Waals surface area contributed by atoms with E-state index in [4.69, 9.17) is 5.73 Å². The molecule has 4 rings (SSSR count). The van der Waals surface area contributed by atoms with Gasteiger partial charge in [0.15, 0.2) is 0 Å². The normalized spacial score (nSPS) is 25.5. The van der Waals surface area contributed by atoms with Gasteiger partial charge in [-0.1, -0.05) is 29.8 Å². The SMILES string of the molecule is Cc1cccc(-c2sc(C)nc2C(=O)N2CC3CC3C2CN)c1. The molecule has 1 saturated carbocycles. The summed E-state index contributed by atoms with van der Waals surface area (Å²) in [6, 6.07) is 8.46. The third-order valence-electron chi connectivity index (χ3n) is 5.02. The molecule has 0 bridgehead atoms. The molecule has 0 radical (unpaired) electrons. The van der Waals surface area contributed by atoms with Crippen LogP contribution in [0.2, 0.25) is 0 Å². The summed E-state index contributed by atoms with van der Waals surface area (Å²) in [5, 5.41) is 0.929. The van der Waals surface area contributed by atoms with Crippen molar-refractivity contribution in [2.75, 3.05) is 13.1 Å². The summed E-state index contributed by atoms with van der Waals surface area (Å²) in [6.45, 7) is 5.42. The highest BCUT2D eigenvalue weighted by molar-refractivity contribution is 7.15. The van der Waals surface area contributed by atoms with Crippen molar-refractivity contribution in [1.29, 1.82) is 0 Å². The predicted molar refractivity (Wildman–Crippen MR) is 92.5 cm³/mol. The summed E-state index contributed by atoms with van der Waals surface area (Å²) >= 11 is 1.59. The number of thiazole rings is 1. The van der Waals surface area contributed by atoms with Gasteiger partial charge in [0.2, 0.25) is 0 Å². The first-order chi connectivity index (χ1) is 11.1. The van der Waals surface area contributed by atoms with E-state index in [1.54, 1.807) is 11.3 Å². The van der Waals surface area contributed by atoms with Gasteiger partial charge in [-0.15, -0.1) is 11.3 Å². The Morgan fingerprint density at radius 1 is 1.43 bits per heavy atom. The Balaban J connectivity index is 1.70. The largest absolute Gasteiger partial charge is 0.332 e. The van der Waals surface area contributed by atoms with Gasteiger partial charge in [-0.25, -0.2) is 4.98 Å². The Kier molecular flexibility index (Phi) is 3.50. The van der Waals surface area contributed by atoms with Crippen LogP contribution in [-0.4, -0.2) is 34.9 Å². The van der Waals surface area contributed by atoms with Crippen molar-refractivity contribution in [3.8, 4) is 10.4 Å². The van der Waals surface area contributed by atoms with E-state index < -0.39 is 0 Å². The lowest BCUT2D eigenvalue weighted by atomic mass is 10.1. The molecular weight excluding hydrogens is 306 g/mol. The molecule has 3 atom stereocenters. The van der Waals surface area contributed by atoms with Crippen molar-refractivity contribution >= 4 is 17.2 Å². The van der Waals surface area contributed by atoms with Crippen molar-refractivity contribution in [1.82, 2.24) is 9.88 Å². The average molecular weight is 327 g/mol. The fourth-order valence-electron chi connectivity index (χ4n) is 3.80. The van der Waals surface area contributed by atoms with Gasteiger partial charge in [0.25, 0.3) is 5.91 Å². The minimum Gasteiger partial charge on any atom is -0.332 e. The number of amides is 1. The predicted octanol–water partition coefficient (Wildman–Crippen LogP) is 2.85. The van der Waals surface area contributed by atoms with E-state index in [2.05, 4.69) is 30.1 Å². The average Bonchev–Trinajstić information content (AvgIpc) is 3.03. The molecule has 2 heterocycles. The number of likely N-dealkylation sites (tertiary alicyclic amines) is 1. The second-order valence-corrected chi connectivity index (χ2v) is 7.90. The van der Waals surface area contributed by atoms with Crippen molar-refractivity contribution in [2.45, 2.75) is 26.3 Å². The smallest absolute Gasteiger partial charge is 0.274 e. The fraction of sp³-hybridized carbons (Fsp3) is 0.444. The number of aromatic nitrogens is 1. The number of hydrogen-bond donors (Lipinski definition) is 1. The highest BCUT2D eigenvalue weighted by Gasteiger charge is 2.53. The van der Waals surface area contributed by atoms with Gasteiger partial charge in [0.1, 0.15) is 5.69 Å². The van der Waals surface area contributed by atoms with Crippen molar-refractivity contribution < 1.29 is 4.79 Å². The molecule has 3 unspecified atom stereocenters. The molecule has 2 aromatic rings. The highest BCUT2D eigenvalue weighted by Crippen LogP contribution is 2.49. The number of benzene rings is 1. The number of fused-ring (bicyclic) bond motifs is 1. The Hall–Kier alpha value is -1.72. The van der Waals surface area contributed by atoms with Crippen LogP contribution in [0.3, 0.4) is 0 Å². The van der Waals surface area contributed by atoms with Crippen LogP contribution in [0, 0.1) is 25.7 Å². The lowest BCUT2D eigenvalue weighted by Gasteiger charge is -2.26. The highest BCUT2D eigenvalue weighted by atomic mass is 32.1. The Morgan fingerprint density at radius 3 is 3.00 bits per heavy atom. The van der Waals surface area contributed by atoms with Gasteiger partial charge in [0.05, 0.1) is 9.88 Å². The minimum absolute atomic E-state index is 0.0495. The Morgan fingerprint density at radius 2 is 2.26 bits per heavy atom. The van der Waals surface area contributed by atoms with E-state index >= 15 is 0 Å². The molecule has 1 aromatic carbocycles. The molecule has 1 aliphatic heterocycles. The van der Waals surface area contributed by atoms with Crippen LogP contribution in [0.1, 0.15) is 27.5 Å². The zero-order chi connectivity index (χ0) is 16.1. The van der Waals surface area contributed by atoms with Gasteiger partial charge in [0, 0.05) is 19.1 Å². The van der Waals surface area contributed by atoms with Gasteiger partial charge in [-0.2, -0.15) is 0 Å². The Labute approximate surface area is 140 Å². The summed E-state index contributed by atoms with van der Waals surface area (Å²) in [5.74, 6) is 1.33.